The third-order valence-electron chi connectivity index (χ3n) is 3.47. The quantitative estimate of drug-likeness (QED) is 0.388. The molecule has 27 heavy (non-hydrogen) atoms. The number of ether oxygens (including phenoxy) is 1. The SMILES string of the molecule is CCOC(=O)c1c([N+](=O)[O-])c(CC)nn1-c1c(Cl)cc(C(F)(F)F)cc1Cl. The average Bonchev–Trinajstić information content (AvgIpc) is 2.93. The van der Waals surface area contributed by atoms with Crippen LogP contribution in [-0.2, 0) is 17.3 Å². The van der Waals surface area contributed by atoms with Crippen LogP contribution in [0.2, 0.25) is 10.0 Å². The Labute approximate surface area is 160 Å². The largest absolute Gasteiger partial charge is 0.461 e. The van der Waals surface area contributed by atoms with Crippen LogP contribution in [0.15, 0.2) is 12.1 Å². The number of carbonyl (C=O) groups is 1. The Hall–Kier alpha value is -2.33. The smallest absolute Gasteiger partial charge is 0.416 e. The molecule has 12 heteroatoms. The summed E-state index contributed by atoms with van der Waals surface area (Å²) in [5.74, 6) is -1.08. The first kappa shape index (κ1) is 21.0. The Kier molecular flexibility index (Phi) is 6.01. The van der Waals surface area contributed by atoms with Gasteiger partial charge in [-0.1, -0.05) is 30.1 Å². The van der Waals surface area contributed by atoms with E-state index >= 15 is 0 Å². The number of nitrogens with zero attached hydrogens (tertiary/aromatic N) is 3. The summed E-state index contributed by atoms with van der Waals surface area (Å²) in [4.78, 5) is 22.9. The molecular formula is C15H12Cl2F3N3O4. The molecule has 1 heterocycles. The van der Waals surface area contributed by atoms with Gasteiger partial charge in [-0.3, -0.25) is 10.1 Å². The van der Waals surface area contributed by atoms with Crippen molar-refractivity contribution < 1.29 is 27.6 Å². The fourth-order valence-electron chi connectivity index (χ4n) is 2.36. The van der Waals surface area contributed by atoms with Gasteiger partial charge in [0.15, 0.2) is 0 Å². The summed E-state index contributed by atoms with van der Waals surface area (Å²) >= 11 is 11.9. The molecule has 0 saturated heterocycles. The number of aromatic nitrogens is 2. The molecule has 0 bridgehead atoms. The predicted molar refractivity (Wildman–Crippen MR) is 90.6 cm³/mol. The Bertz CT molecular complexity index is 889. The molecule has 1 aromatic heterocycles. The van der Waals surface area contributed by atoms with Gasteiger partial charge in [0.05, 0.1) is 27.1 Å². The van der Waals surface area contributed by atoms with Crippen LogP contribution in [0.4, 0.5) is 18.9 Å². The number of esters is 1. The highest BCUT2D eigenvalue weighted by molar-refractivity contribution is 6.38. The van der Waals surface area contributed by atoms with Crippen LogP contribution >= 0.6 is 23.2 Å². The maximum absolute atomic E-state index is 12.9. The van der Waals surface area contributed by atoms with E-state index in [1.807, 2.05) is 0 Å². The van der Waals surface area contributed by atoms with E-state index in [-0.39, 0.29) is 24.4 Å². The van der Waals surface area contributed by atoms with Crippen LogP contribution in [0.1, 0.15) is 35.6 Å². The van der Waals surface area contributed by atoms with Crippen LogP contribution in [0.3, 0.4) is 0 Å². The Morgan fingerprint density at radius 3 is 2.26 bits per heavy atom. The highest BCUT2D eigenvalue weighted by Gasteiger charge is 2.36. The molecule has 0 aliphatic rings. The molecule has 2 aromatic rings. The number of aryl methyl sites for hydroxylation is 1. The molecule has 0 aliphatic heterocycles. The Morgan fingerprint density at radius 2 is 1.85 bits per heavy atom. The summed E-state index contributed by atoms with van der Waals surface area (Å²) < 4.78 is 44.3. The first-order valence-electron chi connectivity index (χ1n) is 7.52. The van der Waals surface area contributed by atoms with Crippen molar-refractivity contribution in [3.63, 3.8) is 0 Å². The number of rotatable bonds is 5. The topological polar surface area (TPSA) is 87.3 Å². The minimum Gasteiger partial charge on any atom is -0.461 e. The van der Waals surface area contributed by atoms with E-state index in [1.54, 1.807) is 6.92 Å². The molecular weight excluding hydrogens is 414 g/mol. The van der Waals surface area contributed by atoms with Gasteiger partial charge < -0.3 is 4.74 Å². The first-order valence-corrected chi connectivity index (χ1v) is 8.28. The average molecular weight is 426 g/mol. The van der Waals surface area contributed by atoms with Gasteiger partial charge in [-0.25, -0.2) is 9.48 Å². The fraction of sp³-hybridized carbons (Fsp3) is 0.333. The van der Waals surface area contributed by atoms with Crippen LogP contribution < -0.4 is 0 Å². The number of hydrogen-bond donors (Lipinski definition) is 0. The van der Waals surface area contributed by atoms with Gasteiger partial charge in [0.25, 0.3) is 0 Å². The summed E-state index contributed by atoms with van der Waals surface area (Å²) in [6, 6.07) is 1.19. The van der Waals surface area contributed by atoms with Gasteiger partial charge in [-0.2, -0.15) is 18.3 Å². The standard InChI is InChI=1S/C15H12Cl2F3N3O4/c1-3-10-12(23(25)26)13(14(24)27-4-2)22(21-10)11-8(16)5-7(6-9(11)17)15(18,19)20/h5-6H,3-4H2,1-2H3. The summed E-state index contributed by atoms with van der Waals surface area (Å²) in [6.45, 7) is 2.96. The van der Waals surface area contributed by atoms with Crippen LogP contribution in [-0.4, -0.2) is 27.3 Å². The van der Waals surface area contributed by atoms with Crippen molar-refractivity contribution in [3.05, 3.63) is 49.2 Å². The van der Waals surface area contributed by atoms with Crippen LogP contribution in [0.25, 0.3) is 5.69 Å². The number of halogens is 5. The lowest BCUT2D eigenvalue weighted by Gasteiger charge is -2.13. The van der Waals surface area contributed by atoms with E-state index in [4.69, 9.17) is 27.9 Å². The molecule has 0 fully saturated rings. The van der Waals surface area contributed by atoms with Crippen molar-refractivity contribution >= 4 is 34.9 Å². The second-order valence-corrected chi connectivity index (χ2v) is 5.99. The van der Waals surface area contributed by atoms with E-state index < -0.39 is 44.1 Å². The van der Waals surface area contributed by atoms with Gasteiger partial charge in [-0.05, 0) is 25.5 Å². The molecule has 0 radical (unpaired) electrons. The number of alkyl halides is 3. The molecule has 0 atom stereocenters. The molecule has 0 saturated carbocycles. The van der Waals surface area contributed by atoms with Crippen molar-refractivity contribution in [2.24, 2.45) is 0 Å². The van der Waals surface area contributed by atoms with E-state index in [0.29, 0.717) is 12.1 Å². The summed E-state index contributed by atoms with van der Waals surface area (Å²) in [6.07, 6.45) is -4.63. The van der Waals surface area contributed by atoms with E-state index in [9.17, 15) is 28.1 Å². The number of hydrogen-bond acceptors (Lipinski definition) is 5. The number of benzene rings is 1. The summed E-state index contributed by atoms with van der Waals surface area (Å²) in [5, 5.41) is 14.4. The monoisotopic (exact) mass is 425 g/mol. The molecule has 0 spiro atoms. The van der Waals surface area contributed by atoms with Crippen LogP contribution in [0, 0.1) is 10.1 Å². The zero-order chi connectivity index (χ0) is 20.5. The summed E-state index contributed by atoms with van der Waals surface area (Å²) in [7, 11) is 0. The minimum absolute atomic E-state index is 0.0740. The fourth-order valence-corrected chi connectivity index (χ4v) is 3.01. The van der Waals surface area contributed by atoms with E-state index in [2.05, 4.69) is 5.10 Å². The summed E-state index contributed by atoms with van der Waals surface area (Å²) in [5.41, 5.74) is -2.69. The molecule has 0 unspecified atom stereocenters. The van der Waals surface area contributed by atoms with Crippen LogP contribution in [0.5, 0.6) is 0 Å². The van der Waals surface area contributed by atoms with E-state index in [0.717, 1.165) is 4.68 Å². The van der Waals surface area contributed by atoms with Crippen molar-refractivity contribution in [1.82, 2.24) is 9.78 Å². The van der Waals surface area contributed by atoms with E-state index in [1.165, 1.54) is 6.92 Å². The molecule has 0 aliphatic carbocycles. The third kappa shape index (κ3) is 4.01. The minimum atomic E-state index is -4.71. The first-order chi connectivity index (χ1) is 12.5. The Morgan fingerprint density at radius 1 is 1.30 bits per heavy atom. The zero-order valence-electron chi connectivity index (χ0n) is 13.9. The second kappa shape index (κ2) is 7.73. The lowest BCUT2D eigenvalue weighted by molar-refractivity contribution is -0.385. The molecule has 0 amide bonds. The maximum Gasteiger partial charge on any atom is 0.416 e. The predicted octanol–water partition coefficient (Wildman–Crippen LogP) is 4.85. The zero-order valence-corrected chi connectivity index (χ0v) is 15.4. The van der Waals surface area contributed by atoms with Gasteiger partial charge >= 0.3 is 17.8 Å². The normalized spacial score (nSPS) is 11.5. The maximum atomic E-state index is 12.9. The highest BCUT2D eigenvalue weighted by Crippen LogP contribution is 2.39. The van der Waals surface area contributed by atoms with Crippen molar-refractivity contribution in [2.75, 3.05) is 6.61 Å². The molecule has 2 rings (SSSR count). The molecule has 0 N–H and O–H groups in total. The highest BCUT2D eigenvalue weighted by atomic mass is 35.5. The van der Waals surface area contributed by atoms with Gasteiger partial charge in [-0.15, -0.1) is 0 Å². The second-order valence-electron chi connectivity index (χ2n) is 5.17. The third-order valence-corrected chi connectivity index (χ3v) is 4.05. The van der Waals surface area contributed by atoms with Crippen molar-refractivity contribution in [3.8, 4) is 5.69 Å². The molecule has 146 valence electrons. The number of carbonyl (C=O) groups excluding carboxylic acids is 1. The van der Waals surface area contributed by atoms with Gasteiger partial charge in [0.2, 0.25) is 5.69 Å². The van der Waals surface area contributed by atoms with Crippen molar-refractivity contribution in [1.29, 1.82) is 0 Å². The lowest BCUT2D eigenvalue weighted by atomic mass is 10.2. The van der Waals surface area contributed by atoms with Gasteiger partial charge in [0.1, 0.15) is 11.4 Å². The molecule has 7 nitrogen and oxygen atoms in total. The molecule has 1 aromatic carbocycles. The number of nitro groups is 1. The van der Waals surface area contributed by atoms with Crippen molar-refractivity contribution in [2.45, 2.75) is 26.4 Å². The lowest BCUT2D eigenvalue weighted by Crippen LogP contribution is -2.15. The Balaban J connectivity index is 2.83. The van der Waals surface area contributed by atoms with Gasteiger partial charge in [0, 0.05) is 0 Å².